The minimum absolute atomic E-state index is 0.0547. The van der Waals surface area contributed by atoms with E-state index >= 15 is 0 Å². The third-order valence-corrected chi connectivity index (χ3v) is 2.73. The van der Waals surface area contributed by atoms with Crippen molar-refractivity contribution >= 4 is 5.78 Å². The highest BCUT2D eigenvalue weighted by molar-refractivity contribution is 5.98. The Balaban J connectivity index is 2.06. The Bertz CT molecular complexity index is 527. The minimum atomic E-state index is 0.0547. The van der Waals surface area contributed by atoms with Crippen molar-refractivity contribution in [2.45, 2.75) is 32.8 Å². The number of para-hydroxylation sites is 1. The Labute approximate surface area is 113 Å². The average Bonchev–Trinajstić information content (AvgIpc) is 2.89. The van der Waals surface area contributed by atoms with Crippen molar-refractivity contribution in [3.8, 4) is 5.75 Å². The number of hydrogen-bond acceptors (Lipinski definition) is 3. The highest BCUT2D eigenvalue weighted by atomic mass is 16.5. The van der Waals surface area contributed by atoms with E-state index < -0.39 is 0 Å². The van der Waals surface area contributed by atoms with Crippen LogP contribution in [0, 0.1) is 0 Å². The van der Waals surface area contributed by atoms with Gasteiger partial charge in [-0.3, -0.25) is 4.79 Å². The van der Waals surface area contributed by atoms with Gasteiger partial charge in [0, 0.05) is 12.8 Å². The fourth-order valence-corrected chi connectivity index (χ4v) is 1.88. The molecule has 1 aromatic carbocycles. The van der Waals surface area contributed by atoms with Crippen molar-refractivity contribution in [1.82, 2.24) is 0 Å². The maximum Gasteiger partial charge on any atom is 0.167 e. The van der Waals surface area contributed by atoms with Gasteiger partial charge in [0.15, 0.2) is 5.78 Å². The lowest BCUT2D eigenvalue weighted by Crippen LogP contribution is -2.10. The lowest BCUT2D eigenvalue weighted by molar-refractivity contribution is 0.0975. The van der Waals surface area contributed by atoms with E-state index in [1.165, 1.54) is 0 Å². The summed E-state index contributed by atoms with van der Waals surface area (Å²) in [5.74, 6) is 1.56. The van der Waals surface area contributed by atoms with Crippen molar-refractivity contribution in [2.24, 2.45) is 0 Å². The second-order valence-electron chi connectivity index (χ2n) is 4.67. The molecule has 0 aliphatic heterocycles. The molecule has 19 heavy (non-hydrogen) atoms. The van der Waals surface area contributed by atoms with Crippen molar-refractivity contribution in [1.29, 1.82) is 0 Å². The van der Waals surface area contributed by atoms with Crippen LogP contribution in [0.1, 0.15) is 36.4 Å². The first-order valence-electron chi connectivity index (χ1n) is 6.48. The molecule has 0 fully saturated rings. The Morgan fingerprint density at radius 3 is 2.68 bits per heavy atom. The molecule has 0 saturated carbocycles. The molecule has 0 saturated heterocycles. The van der Waals surface area contributed by atoms with Gasteiger partial charge in [0.2, 0.25) is 0 Å². The second kappa shape index (κ2) is 6.23. The van der Waals surface area contributed by atoms with Gasteiger partial charge in [0.05, 0.1) is 17.9 Å². The van der Waals surface area contributed by atoms with Crippen LogP contribution in [0.15, 0.2) is 47.1 Å². The molecule has 0 spiro atoms. The molecule has 3 heteroatoms. The average molecular weight is 258 g/mol. The zero-order chi connectivity index (χ0) is 13.7. The maximum atomic E-state index is 12.2. The van der Waals surface area contributed by atoms with Gasteiger partial charge in [0.1, 0.15) is 11.5 Å². The summed E-state index contributed by atoms with van der Waals surface area (Å²) in [6, 6.07) is 11.1. The van der Waals surface area contributed by atoms with Crippen LogP contribution in [0.25, 0.3) is 0 Å². The van der Waals surface area contributed by atoms with Gasteiger partial charge in [-0.1, -0.05) is 12.1 Å². The van der Waals surface area contributed by atoms with Crippen LogP contribution in [0.3, 0.4) is 0 Å². The molecule has 2 rings (SSSR count). The van der Waals surface area contributed by atoms with E-state index in [4.69, 9.17) is 9.15 Å². The minimum Gasteiger partial charge on any atom is -0.490 e. The van der Waals surface area contributed by atoms with Gasteiger partial charge in [-0.05, 0) is 38.1 Å². The molecule has 100 valence electrons. The van der Waals surface area contributed by atoms with E-state index in [9.17, 15) is 4.79 Å². The molecule has 2 aromatic rings. The van der Waals surface area contributed by atoms with Gasteiger partial charge in [-0.2, -0.15) is 0 Å². The van der Waals surface area contributed by atoms with Gasteiger partial charge in [0.25, 0.3) is 0 Å². The molecule has 3 nitrogen and oxygen atoms in total. The van der Waals surface area contributed by atoms with Gasteiger partial charge >= 0.3 is 0 Å². The molecule has 1 aromatic heterocycles. The molecule has 0 aliphatic carbocycles. The van der Waals surface area contributed by atoms with Crippen LogP contribution in [-0.2, 0) is 6.42 Å². The van der Waals surface area contributed by atoms with Crippen molar-refractivity contribution in [3.63, 3.8) is 0 Å². The first-order valence-corrected chi connectivity index (χ1v) is 6.48. The number of furan rings is 1. The fraction of sp³-hybridized carbons (Fsp3) is 0.312. The Morgan fingerprint density at radius 1 is 1.21 bits per heavy atom. The summed E-state index contributed by atoms with van der Waals surface area (Å²) in [7, 11) is 0. The molecule has 0 N–H and O–H groups in total. The van der Waals surface area contributed by atoms with Crippen molar-refractivity contribution in [3.05, 3.63) is 54.0 Å². The summed E-state index contributed by atoms with van der Waals surface area (Å²) in [6.07, 6.45) is 2.71. The Morgan fingerprint density at radius 2 is 2.00 bits per heavy atom. The van der Waals surface area contributed by atoms with E-state index in [2.05, 4.69) is 0 Å². The highest BCUT2D eigenvalue weighted by Gasteiger charge is 2.13. The highest BCUT2D eigenvalue weighted by Crippen LogP contribution is 2.21. The van der Waals surface area contributed by atoms with Gasteiger partial charge in [-0.15, -0.1) is 0 Å². The van der Waals surface area contributed by atoms with E-state index in [1.54, 1.807) is 6.26 Å². The zero-order valence-corrected chi connectivity index (χ0v) is 11.3. The van der Waals surface area contributed by atoms with E-state index in [-0.39, 0.29) is 11.9 Å². The first kappa shape index (κ1) is 13.4. The van der Waals surface area contributed by atoms with Crippen LogP contribution in [0.2, 0.25) is 0 Å². The molecule has 0 radical (unpaired) electrons. The second-order valence-corrected chi connectivity index (χ2v) is 4.67. The van der Waals surface area contributed by atoms with Gasteiger partial charge < -0.3 is 9.15 Å². The molecule has 0 amide bonds. The van der Waals surface area contributed by atoms with Crippen LogP contribution >= 0.6 is 0 Å². The van der Waals surface area contributed by atoms with Crippen LogP contribution < -0.4 is 4.74 Å². The number of ether oxygens (including phenoxy) is 1. The SMILES string of the molecule is CC(C)Oc1ccccc1C(=O)CCc1ccco1. The summed E-state index contributed by atoms with van der Waals surface area (Å²) < 4.78 is 10.9. The quantitative estimate of drug-likeness (QED) is 0.738. The monoisotopic (exact) mass is 258 g/mol. The molecule has 0 aliphatic rings. The maximum absolute atomic E-state index is 12.2. The number of benzene rings is 1. The number of aryl methyl sites for hydroxylation is 1. The van der Waals surface area contributed by atoms with Gasteiger partial charge in [-0.25, -0.2) is 0 Å². The molecular formula is C16H18O3. The van der Waals surface area contributed by atoms with Crippen molar-refractivity contribution < 1.29 is 13.9 Å². The summed E-state index contributed by atoms with van der Waals surface area (Å²) >= 11 is 0. The molecular weight excluding hydrogens is 240 g/mol. The summed E-state index contributed by atoms with van der Waals surface area (Å²) in [5, 5.41) is 0. The fourth-order valence-electron chi connectivity index (χ4n) is 1.88. The number of ketones is 1. The topological polar surface area (TPSA) is 39.4 Å². The number of Topliss-reactive ketones (excluding diaryl/α,β-unsaturated/α-hetero) is 1. The predicted octanol–water partition coefficient (Wildman–Crippen LogP) is 3.88. The zero-order valence-electron chi connectivity index (χ0n) is 11.3. The van der Waals surface area contributed by atoms with E-state index in [0.29, 0.717) is 24.2 Å². The van der Waals surface area contributed by atoms with Crippen LogP contribution in [0.5, 0.6) is 5.75 Å². The van der Waals surface area contributed by atoms with E-state index in [0.717, 1.165) is 5.76 Å². The molecule has 1 heterocycles. The first-order chi connectivity index (χ1) is 9.16. The van der Waals surface area contributed by atoms with Crippen LogP contribution in [0.4, 0.5) is 0 Å². The lowest BCUT2D eigenvalue weighted by Gasteiger charge is -2.13. The van der Waals surface area contributed by atoms with Crippen molar-refractivity contribution in [2.75, 3.05) is 0 Å². The summed E-state index contributed by atoms with van der Waals surface area (Å²) in [5.41, 5.74) is 0.641. The summed E-state index contributed by atoms with van der Waals surface area (Å²) in [6.45, 7) is 3.90. The number of rotatable bonds is 6. The Kier molecular flexibility index (Phi) is 4.39. The third-order valence-electron chi connectivity index (χ3n) is 2.73. The standard InChI is InChI=1S/C16H18O3/c1-12(2)19-16-8-4-3-7-14(16)15(17)10-9-13-6-5-11-18-13/h3-8,11-12H,9-10H2,1-2H3. The Hall–Kier alpha value is -2.03. The summed E-state index contributed by atoms with van der Waals surface area (Å²) in [4.78, 5) is 12.2. The third kappa shape index (κ3) is 3.71. The normalized spacial score (nSPS) is 10.7. The largest absolute Gasteiger partial charge is 0.490 e. The lowest BCUT2D eigenvalue weighted by atomic mass is 10.0. The van der Waals surface area contributed by atoms with Crippen LogP contribution in [-0.4, -0.2) is 11.9 Å². The number of carbonyl (C=O) groups excluding carboxylic acids is 1. The molecule has 0 unspecified atom stereocenters. The van der Waals surface area contributed by atoms with E-state index in [1.807, 2.05) is 50.2 Å². The molecule has 0 bridgehead atoms. The molecule has 0 atom stereocenters. The predicted molar refractivity (Wildman–Crippen MR) is 73.6 cm³/mol. The number of hydrogen-bond donors (Lipinski definition) is 0. The smallest absolute Gasteiger partial charge is 0.167 e. The number of carbonyl (C=O) groups is 1.